The van der Waals surface area contributed by atoms with Crippen LogP contribution in [0.1, 0.15) is 44.9 Å². The first-order valence-electron chi connectivity index (χ1n) is 7.44. The van der Waals surface area contributed by atoms with Gasteiger partial charge in [-0.3, -0.25) is 19.2 Å². The Labute approximate surface area is 138 Å². The lowest BCUT2D eigenvalue weighted by atomic mass is 10.1. The minimum absolute atomic E-state index is 0.118. The van der Waals surface area contributed by atoms with Crippen LogP contribution < -0.4 is 10.6 Å². The molecule has 0 saturated carbocycles. The molecule has 0 rings (SSSR count). The van der Waals surface area contributed by atoms with Crippen molar-refractivity contribution in [3.63, 3.8) is 0 Å². The molecule has 10 heteroatoms. The van der Waals surface area contributed by atoms with Gasteiger partial charge in [0, 0.05) is 19.4 Å². The summed E-state index contributed by atoms with van der Waals surface area (Å²) in [6.07, 6.45) is -0.0244. The highest BCUT2D eigenvalue weighted by molar-refractivity contribution is 5.85. The molecule has 0 aromatic heterocycles. The Balaban J connectivity index is 3.95. The van der Waals surface area contributed by atoms with Crippen molar-refractivity contribution >= 4 is 29.7 Å². The number of carboxylic acids is 3. The molecule has 0 saturated heterocycles. The Bertz CT molecular complexity index is 477. The van der Waals surface area contributed by atoms with E-state index in [9.17, 15) is 24.0 Å². The van der Waals surface area contributed by atoms with Gasteiger partial charge in [-0.15, -0.1) is 0 Å². The fourth-order valence-corrected chi connectivity index (χ4v) is 1.75. The second kappa shape index (κ2) is 11.9. The third kappa shape index (κ3) is 12.0. The number of carbonyl (C=O) groups excluding carboxylic acids is 2. The number of carbonyl (C=O) groups is 5. The molecule has 24 heavy (non-hydrogen) atoms. The third-order valence-electron chi connectivity index (χ3n) is 3.01. The van der Waals surface area contributed by atoms with Crippen molar-refractivity contribution in [2.75, 3.05) is 6.54 Å². The standard InChI is InChI=1S/C14H22N2O8/c17-10(4-6-12(19)20)15-8-2-1-3-9(14(23)24)16-11(18)5-7-13(21)22/h9H,1-8H2,(H,15,17)(H,16,18)(H,19,20)(H,21,22)(H,23,24)/t9-/m0/s1. The van der Waals surface area contributed by atoms with Gasteiger partial charge in [-0.1, -0.05) is 0 Å². The highest BCUT2D eigenvalue weighted by atomic mass is 16.4. The predicted octanol–water partition coefficient (Wildman–Crippen LogP) is -0.428. The number of unbranched alkanes of at least 4 members (excludes halogenated alkanes) is 1. The minimum atomic E-state index is -1.22. The largest absolute Gasteiger partial charge is 0.481 e. The van der Waals surface area contributed by atoms with Crippen molar-refractivity contribution in [3.8, 4) is 0 Å². The Kier molecular flexibility index (Phi) is 10.5. The molecule has 0 radical (unpaired) electrons. The summed E-state index contributed by atoms with van der Waals surface area (Å²) in [6, 6.07) is -1.12. The van der Waals surface area contributed by atoms with Gasteiger partial charge in [-0.2, -0.15) is 0 Å². The van der Waals surface area contributed by atoms with E-state index in [1.54, 1.807) is 0 Å². The summed E-state index contributed by atoms with van der Waals surface area (Å²) in [7, 11) is 0. The van der Waals surface area contributed by atoms with Crippen molar-refractivity contribution in [1.29, 1.82) is 0 Å². The molecule has 0 unspecified atom stereocenters. The van der Waals surface area contributed by atoms with Crippen LogP contribution in [0.5, 0.6) is 0 Å². The van der Waals surface area contributed by atoms with Gasteiger partial charge in [0.15, 0.2) is 0 Å². The average Bonchev–Trinajstić information content (AvgIpc) is 2.49. The number of amides is 2. The minimum Gasteiger partial charge on any atom is -0.481 e. The molecule has 0 aliphatic carbocycles. The fraction of sp³-hybridized carbons (Fsp3) is 0.643. The van der Waals surface area contributed by atoms with Crippen LogP contribution in [0.2, 0.25) is 0 Å². The summed E-state index contributed by atoms with van der Waals surface area (Å²) in [5.41, 5.74) is 0. The van der Waals surface area contributed by atoms with Crippen molar-refractivity contribution < 1.29 is 39.3 Å². The number of carboxylic acid groups (broad SMARTS) is 3. The van der Waals surface area contributed by atoms with Crippen LogP contribution >= 0.6 is 0 Å². The normalized spacial score (nSPS) is 11.3. The Hall–Kier alpha value is -2.65. The molecule has 136 valence electrons. The van der Waals surface area contributed by atoms with Crippen LogP contribution in [0.4, 0.5) is 0 Å². The molecule has 0 aliphatic heterocycles. The van der Waals surface area contributed by atoms with E-state index >= 15 is 0 Å². The summed E-state index contributed by atoms with van der Waals surface area (Å²) in [5, 5.41) is 30.7. The number of aliphatic carboxylic acids is 3. The van der Waals surface area contributed by atoms with Gasteiger partial charge in [0.25, 0.3) is 0 Å². The SMILES string of the molecule is O=C(O)CCC(=O)NCCCC[C@H](NC(=O)CCC(=O)O)C(=O)O. The average molecular weight is 346 g/mol. The smallest absolute Gasteiger partial charge is 0.326 e. The summed E-state index contributed by atoms with van der Waals surface area (Å²) in [6.45, 7) is 0.276. The molecule has 2 amide bonds. The molecule has 1 atom stereocenters. The zero-order valence-corrected chi connectivity index (χ0v) is 13.1. The van der Waals surface area contributed by atoms with Crippen molar-refractivity contribution in [3.05, 3.63) is 0 Å². The summed E-state index contributed by atoms with van der Waals surface area (Å²) in [5.74, 6) is -4.46. The lowest BCUT2D eigenvalue weighted by molar-refractivity contribution is -0.142. The quantitative estimate of drug-likeness (QED) is 0.280. The van der Waals surface area contributed by atoms with Crippen molar-refractivity contribution in [1.82, 2.24) is 10.6 Å². The van der Waals surface area contributed by atoms with E-state index in [1.165, 1.54) is 0 Å². The van der Waals surface area contributed by atoms with Crippen molar-refractivity contribution in [2.45, 2.75) is 51.0 Å². The molecule has 0 heterocycles. The third-order valence-corrected chi connectivity index (χ3v) is 3.01. The molecule has 0 bridgehead atoms. The predicted molar refractivity (Wildman–Crippen MR) is 80.2 cm³/mol. The van der Waals surface area contributed by atoms with E-state index < -0.39 is 35.8 Å². The van der Waals surface area contributed by atoms with Crippen LogP contribution in [0, 0.1) is 0 Å². The van der Waals surface area contributed by atoms with E-state index in [2.05, 4.69) is 10.6 Å². The van der Waals surface area contributed by atoms with Crippen LogP contribution in [0.25, 0.3) is 0 Å². The van der Waals surface area contributed by atoms with Gasteiger partial charge >= 0.3 is 17.9 Å². The van der Waals surface area contributed by atoms with Gasteiger partial charge in [-0.25, -0.2) is 4.79 Å². The van der Waals surface area contributed by atoms with Crippen LogP contribution in [-0.2, 0) is 24.0 Å². The van der Waals surface area contributed by atoms with Gasteiger partial charge in [0.2, 0.25) is 11.8 Å². The number of nitrogens with one attached hydrogen (secondary N) is 2. The van der Waals surface area contributed by atoms with Crippen LogP contribution in [-0.4, -0.2) is 57.6 Å². The fourth-order valence-electron chi connectivity index (χ4n) is 1.75. The van der Waals surface area contributed by atoms with E-state index in [1.807, 2.05) is 0 Å². The number of hydrogen-bond acceptors (Lipinski definition) is 5. The number of rotatable bonds is 13. The Morgan fingerprint density at radius 2 is 1.29 bits per heavy atom. The van der Waals surface area contributed by atoms with Crippen LogP contribution in [0.3, 0.4) is 0 Å². The second-order valence-corrected chi connectivity index (χ2v) is 5.09. The molecular formula is C14H22N2O8. The lowest BCUT2D eigenvalue weighted by Crippen LogP contribution is -2.40. The maximum absolute atomic E-state index is 11.4. The highest BCUT2D eigenvalue weighted by Gasteiger charge is 2.19. The second-order valence-electron chi connectivity index (χ2n) is 5.09. The first-order valence-corrected chi connectivity index (χ1v) is 7.44. The zero-order valence-electron chi connectivity index (χ0n) is 13.1. The molecule has 0 aromatic rings. The summed E-state index contributed by atoms with van der Waals surface area (Å²) in [4.78, 5) is 54.3. The molecule has 10 nitrogen and oxygen atoms in total. The lowest BCUT2D eigenvalue weighted by Gasteiger charge is -2.14. The monoisotopic (exact) mass is 346 g/mol. The van der Waals surface area contributed by atoms with Gasteiger partial charge < -0.3 is 26.0 Å². The summed E-state index contributed by atoms with van der Waals surface area (Å²) >= 11 is 0. The van der Waals surface area contributed by atoms with Gasteiger partial charge in [-0.05, 0) is 19.3 Å². The van der Waals surface area contributed by atoms with E-state index in [0.29, 0.717) is 12.8 Å². The van der Waals surface area contributed by atoms with Gasteiger partial charge in [0.1, 0.15) is 6.04 Å². The van der Waals surface area contributed by atoms with Gasteiger partial charge in [0.05, 0.1) is 12.8 Å². The molecule has 5 N–H and O–H groups in total. The topological polar surface area (TPSA) is 170 Å². The Morgan fingerprint density at radius 3 is 1.79 bits per heavy atom. The molecule has 0 aromatic carbocycles. The molecule has 0 spiro atoms. The molecular weight excluding hydrogens is 324 g/mol. The van der Waals surface area contributed by atoms with E-state index in [-0.39, 0.29) is 38.6 Å². The van der Waals surface area contributed by atoms with Crippen LogP contribution in [0.15, 0.2) is 0 Å². The summed E-state index contributed by atoms with van der Waals surface area (Å²) < 4.78 is 0. The Morgan fingerprint density at radius 1 is 0.750 bits per heavy atom. The molecule has 0 fully saturated rings. The molecule has 0 aliphatic rings. The van der Waals surface area contributed by atoms with Crippen molar-refractivity contribution in [2.24, 2.45) is 0 Å². The van der Waals surface area contributed by atoms with E-state index in [4.69, 9.17) is 15.3 Å². The zero-order chi connectivity index (χ0) is 18.5. The maximum atomic E-state index is 11.4. The van der Waals surface area contributed by atoms with E-state index in [0.717, 1.165) is 0 Å². The first kappa shape index (κ1) is 21.4. The first-order chi connectivity index (χ1) is 11.2. The number of hydrogen-bond donors (Lipinski definition) is 5. The maximum Gasteiger partial charge on any atom is 0.326 e. The highest BCUT2D eigenvalue weighted by Crippen LogP contribution is 2.02.